The zero-order valence-electron chi connectivity index (χ0n) is 48.2. The second-order valence-corrected chi connectivity index (χ2v) is 23.0. The van der Waals surface area contributed by atoms with E-state index >= 15 is 0 Å². The number of unbranched alkanes of at least 4 members (excludes halogenated alkanes) is 43. The number of hydrogen-bond acceptors (Lipinski definition) is 6. The number of carbonyl (C=O) groups excluding carboxylic acids is 3. The molecule has 0 aromatic rings. The summed E-state index contributed by atoms with van der Waals surface area (Å²) >= 11 is 0. The summed E-state index contributed by atoms with van der Waals surface area (Å²) in [5.74, 6) is 0.832. The molecule has 0 aliphatic rings. The second-order valence-electron chi connectivity index (χ2n) is 23.0. The van der Waals surface area contributed by atoms with Crippen LogP contribution in [0.5, 0.6) is 0 Å². The van der Waals surface area contributed by atoms with E-state index in [1.165, 1.54) is 250 Å². The standard InChI is InChI=1S/C64H124O6/c1-6-7-8-9-10-11-12-13-14-15-16-20-23-26-29-34-39-44-49-54-62(65)68-57-61(58-69-63(66)55-50-45-40-36-31-33-38-43-48-53-60(4)5)70-64(67)56-51-46-41-35-30-27-24-21-18-17-19-22-25-28-32-37-42-47-52-59(2)3/h59-61H,6-58H2,1-5H3/t61-/m0/s1. The van der Waals surface area contributed by atoms with Crippen molar-refractivity contribution in [2.45, 2.75) is 368 Å². The first kappa shape index (κ1) is 68.4. The molecule has 70 heavy (non-hydrogen) atoms. The van der Waals surface area contributed by atoms with Crippen LogP contribution in [0, 0.1) is 11.8 Å². The van der Waals surface area contributed by atoms with E-state index in [4.69, 9.17) is 14.2 Å². The van der Waals surface area contributed by atoms with Crippen LogP contribution in [-0.2, 0) is 28.6 Å². The van der Waals surface area contributed by atoms with Gasteiger partial charge in [0, 0.05) is 19.3 Å². The minimum Gasteiger partial charge on any atom is -0.462 e. The van der Waals surface area contributed by atoms with Crippen molar-refractivity contribution >= 4 is 17.9 Å². The van der Waals surface area contributed by atoms with Crippen molar-refractivity contribution in [3.8, 4) is 0 Å². The summed E-state index contributed by atoms with van der Waals surface area (Å²) in [6.07, 6.45) is 62.6. The summed E-state index contributed by atoms with van der Waals surface area (Å²) in [4.78, 5) is 38.2. The molecular weight excluding hydrogens is 865 g/mol. The molecule has 0 aliphatic heterocycles. The van der Waals surface area contributed by atoms with Gasteiger partial charge in [-0.15, -0.1) is 0 Å². The lowest BCUT2D eigenvalue weighted by Crippen LogP contribution is -2.30. The fourth-order valence-electron chi connectivity index (χ4n) is 9.93. The highest BCUT2D eigenvalue weighted by Crippen LogP contribution is 2.19. The maximum Gasteiger partial charge on any atom is 0.306 e. The average molecular weight is 990 g/mol. The monoisotopic (exact) mass is 989 g/mol. The molecule has 0 radical (unpaired) electrons. The molecule has 416 valence electrons. The third kappa shape index (κ3) is 57.3. The molecule has 0 N–H and O–H groups in total. The van der Waals surface area contributed by atoms with Gasteiger partial charge in [0.15, 0.2) is 6.10 Å². The Morgan fingerprint density at radius 3 is 0.700 bits per heavy atom. The normalized spacial score (nSPS) is 12.0. The van der Waals surface area contributed by atoms with Crippen LogP contribution in [0.3, 0.4) is 0 Å². The maximum absolute atomic E-state index is 12.9. The van der Waals surface area contributed by atoms with Crippen LogP contribution in [0.25, 0.3) is 0 Å². The fraction of sp³-hybridized carbons (Fsp3) is 0.953. The lowest BCUT2D eigenvalue weighted by atomic mass is 10.0. The SMILES string of the molecule is CCCCCCCCCCCCCCCCCCCCCC(=O)OC[C@@H](COC(=O)CCCCCCCCCCCC(C)C)OC(=O)CCCCCCCCCCCCCCCCCCCCC(C)C. The highest BCUT2D eigenvalue weighted by atomic mass is 16.6. The van der Waals surface area contributed by atoms with Gasteiger partial charge in [0.25, 0.3) is 0 Å². The summed E-state index contributed by atoms with van der Waals surface area (Å²) in [7, 11) is 0. The van der Waals surface area contributed by atoms with Gasteiger partial charge in [0.1, 0.15) is 13.2 Å². The third-order valence-electron chi connectivity index (χ3n) is 14.7. The Kier molecular flexibility index (Phi) is 55.4. The molecule has 0 amide bonds. The molecule has 0 aromatic heterocycles. The van der Waals surface area contributed by atoms with Crippen molar-refractivity contribution in [1.82, 2.24) is 0 Å². The summed E-state index contributed by atoms with van der Waals surface area (Å²) in [6.45, 7) is 11.4. The molecule has 0 rings (SSSR count). The van der Waals surface area contributed by atoms with Crippen LogP contribution in [0.4, 0.5) is 0 Å². The minimum atomic E-state index is -0.764. The molecule has 6 heteroatoms. The van der Waals surface area contributed by atoms with Crippen LogP contribution in [0.15, 0.2) is 0 Å². The van der Waals surface area contributed by atoms with Crippen molar-refractivity contribution in [1.29, 1.82) is 0 Å². The van der Waals surface area contributed by atoms with Gasteiger partial charge in [-0.3, -0.25) is 14.4 Å². The average Bonchev–Trinajstić information content (AvgIpc) is 3.33. The highest BCUT2D eigenvalue weighted by Gasteiger charge is 2.19. The van der Waals surface area contributed by atoms with Crippen molar-refractivity contribution < 1.29 is 28.6 Å². The third-order valence-corrected chi connectivity index (χ3v) is 14.7. The van der Waals surface area contributed by atoms with Crippen LogP contribution < -0.4 is 0 Å². The number of esters is 3. The molecular formula is C64H124O6. The van der Waals surface area contributed by atoms with E-state index in [1.54, 1.807) is 0 Å². The first-order valence-corrected chi connectivity index (χ1v) is 31.7. The summed E-state index contributed by atoms with van der Waals surface area (Å²) in [6, 6.07) is 0. The van der Waals surface area contributed by atoms with E-state index in [2.05, 4.69) is 34.6 Å². The Hall–Kier alpha value is -1.59. The van der Waals surface area contributed by atoms with Gasteiger partial charge in [-0.2, -0.15) is 0 Å². The van der Waals surface area contributed by atoms with E-state index in [-0.39, 0.29) is 31.1 Å². The molecule has 0 heterocycles. The predicted octanol–water partition coefficient (Wildman–Crippen LogP) is 21.2. The molecule has 1 atom stereocenters. The Morgan fingerprint density at radius 2 is 0.471 bits per heavy atom. The zero-order valence-corrected chi connectivity index (χ0v) is 48.2. The van der Waals surface area contributed by atoms with Crippen molar-refractivity contribution in [2.75, 3.05) is 13.2 Å². The molecule has 0 fully saturated rings. The smallest absolute Gasteiger partial charge is 0.306 e. The van der Waals surface area contributed by atoms with E-state index in [0.29, 0.717) is 19.3 Å². The number of ether oxygens (including phenoxy) is 3. The van der Waals surface area contributed by atoms with Crippen molar-refractivity contribution in [3.63, 3.8) is 0 Å². The number of carbonyl (C=O) groups is 3. The topological polar surface area (TPSA) is 78.9 Å². The molecule has 6 nitrogen and oxygen atoms in total. The van der Waals surface area contributed by atoms with Crippen LogP contribution in [-0.4, -0.2) is 37.2 Å². The quantitative estimate of drug-likeness (QED) is 0.0343. The van der Waals surface area contributed by atoms with Gasteiger partial charge in [0.05, 0.1) is 0 Å². The van der Waals surface area contributed by atoms with Crippen molar-refractivity contribution in [3.05, 3.63) is 0 Å². The first-order valence-electron chi connectivity index (χ1n) is 31.7. The molecule has 0 aliphatic carbocycles. The Bertz CT molecular complexity index is 1070. The van der Waals surface area contributed by atoms with Gasteiger partial charge >= 0.3 is 17.9 Å². The fourth-order valence-corrected chi connectivity index (χ4v) is 9.93. The van der Waals surface area contributed by atoms with Crippen molar-refractivity contribution in [2.24, 2.45) is 11.8 Å². The lowest BCUT2D eigenvalue weighted by molar-refractivity contribution is -0.167. The number of hydrogen-bond donors (Lipinski definition) is 0. The maximum atomic E-state index is 12.9. The first-order chi connectivity index (χ1) is 34.2. The van der Waals surface area contributed by atoms with Crippen LogP contribution in [0.2, 0.25) is 0 Å². The van der Waals surface area contributed by atoms with Gasteiger partial charge in [-0.1, -0.05) is 324 Å². The van der Waals surface area contributed by atoms with E-state index in [0.717, 1.165) is 69.6 Å². The molecule has 0 saturated heterocycles. The highest BCUT2D eigenvalue weighted by molar-refractivity contribution is 5.71. The van der Waals surface area contributed by atoms with Crippen LogP contribution in [0.1, 0.15) is 362 Å². The zero-order chi connectivity index (χ0) is 51.1. The molecule has 0 spiro atoms. The van der Waals surface area contributed by atoms with E-state index < -0.39 is 6.10 Å². The van der Waals surface area contributed by atoms with E-state index in [9.17, 15) is 14.4 Å². The second kappa shape index (κ2) is 56.7. The Labute approximate surface area is 438 Å². The summed E-state index contributed by atoms with van der Waals surface area (Å²) < 4.78 is 16.9. The molecule has 0 saturated carbocycles. The minimum absolute atomic E-state index is 0.0623. The Morgan fingerprint density at radius 1 is 0.271 bits per heavy atom. The van der Waals surface area contributed by atoms with Gasteiger partial charge in [0.2, 0.25) is 0 Å². The largest absolute Gasteiger partial charge is 0.462 e. The van der Waals surface area contributed by atoms with Gasteiger partial charge in [-0.25, -0.2) is 0 Å². The van der Waals surface area contributed by atoms with Crippen LogP contribution >= 0.6 is 0 Å². The molecule has 0 unspecified atom stereocenters. The molecule has 0 aromatic carbocycles. The summed E-state index contributed by atoms with van der Waals surface area (Å²) in [5.41, 5.74) is 0. The summed E-state index contributed by atoms with van der Waals surface area (Å²) in [5, 5.41) is 0. The molecule has 0 bridgehead atoms. The lowest BCUT2D eigenvalue weighted by Gasteiger charge is -2.18. The van der Waals surface area contributed by atoms with Gasteiger partial charge in [-0.05, 0) is 31.1 Å². The number of rotatable bonds is 58. The van der Waals surface area contributed by atoms with E-state index in [1.807, 2.05) is 0 Å². The predicted molar refractivity (Wildman–Crippen MR) is 303 cm³/mol. The Balaban J connectivity index is 4.24. The van der Waals surface area contributed by atoms with Gasteiger partial charge < -0.3 is 14.2 Å².